The van der Waals surface area contributed by atoms with E-state index in [2.05, 4.69) is 4.98 Å². The molecule has 0 spiro atoms. The summed E-state index contributed by atoms with van der Waals surface area (Å²) < 4.78 is 0. The number of aromatic nitrogens is 1. The third-order valence-corrected chi connectivity index (χ3v) is 5.23. The Bertz CT molecular complexity index is 709. The highest BCUT2D eigenvalue weighted by atomic mass is 16.4. The molecule has 6 heteroatoms. The second kappa shape index (κ2) is 6.79. The highest BCUT2D eigenvalue weighted by molar-refractivity contribution is 5.96. The van der Waals surface area contributed by atoms with Crippen LogP contribution in [0.4, 0.5) is 0 Å². The molecule has 1 aliphatic carbocycles. The third-order valence-electron chi connectivity index (χ3n) is 5.23. The molecule has 0 aromatic carbocycles. The van der Waals surface area contributed by atoms with Crippen LogP contribution in [0, 0.1) is 5.92 Å². The maximum absolute atomic E-state index is 12.9. The van der Waals surface area contributed by atoms with Gasteiger partial charge in [-0.2, -0.15) is 0 Å². The summed E-state index contributed by atoms with van der Waals surface area (Å²) >= 11 is 0. The van der Waals surface area contributed by atoms with Crippen LogP contribution in [0.2, 0.25) is 0 Å². The zero-order valence-electron chi connectivity index (χ0n) is 14.0. The van der Waals surface area contributed by atoms with Gasteiger partial charge in [-0.25, -0.2) is 4.79 Å². The van der Waals surface area contributed by atoms with Crippen LogP contribution >= 0.6 is 0 Å². The molecule has 6 nitrogen and oxygen atoms in total. The average Bonchev–Trinajstić information content (AvgIpc) is 2.78. The predicted molar refractivity (Wildman–Crippen MR) is 89.2 cm³/mol. The predicted octanol–water partition coefficient (Wildman–Crippen LogP) is 1.97. The Balaban J connectivity index is 1.93. The van der Waals surface area contributed by atoms with E-state index in [0.717, 1.165) is 49.8 Å². The summed E-state index contributed by atoms with van der Waals surface area (Å²) in [5, 5.41) is 9.44. The number of aliphatic carboxylic acids is 1. The monoisotopic (exact) mass is 332 g/mol. The number of fused-ring (bicyclic) bond motifs is 1. The van der Waals surface area contributed by atoms with Gasteiger partial charge in [-0.15, -0.1) is 0 Å². The highest BCUT2D eigenvalue weighted by Gasteiger charge is 2.36. The zero-order chi connectivity index (χ0) is 17.3. The normalized spacial score (nSPS) is 24.1. The summed E-state index contributed by atoms with van der Waals surface area (Å²) in [6, 6.07) is 0.845. The number of aromatic amines is 1. The summed E-state index contributed by atoms with van der Waals surface area (Å²) in [5.74, 6) is -1.19. The van der Waals surface area contributed by atoms with Crippen LogP contribution in [0.3, 0.4) is 0 Å². The molecule has 1 fully saturated rings. The fourth-order valence-electron chi connectivity index (χ4n) is 3.78. The maximum Gasteiger partial charge on any atom is 0.326 e. The van der Waals surface area contributed by atoms with Gasteiger partial charge in [0, 0.05) is 12.2 Å². The fourth-order valence-corrected chi connectivity index (χ4v) is 3.78. The van der Waals surface area contributed by atoms with Gasteiger partial charge in [0.25, 0.3) is 11.5 Å². The number of carboxylic acids is 1. The number of rotatable bonds is 2. The first-order valence-electron chi connectivity index (χ1n) is 8.76. The van der Waals surface area contributed by atoms with Gasteiger partial charge in [0.1, 0.15) is 11.6 Å². The minimum Gasteiger partial charge on any atom is -0.480 e. The molecular formula is C18H24N2O4. The first-order chi connectivity index (χ1) is 11.5. The number of pyridine rings is 1. The molecule has 3 rings (SSSR count). The van der Waals surface area contributed by atoms with Gasteiger partial charge < -0.3 is 15.0 Å². The van der Waals surface area contributed by atoms with E-state index < -0.39 is 23.5 Å². The SMILES string of the molecule is CC1CCN(C(=O)c2cc3c([nH]c2=O)CCCCC3)C(C(=O)O)C1. The van der Waals surface area contributed by atoms with Crippen molar-refractivity contribution < 1.29 is 14.7 Å². The van der Waals surface area contributed by atoms with E-state index in [1.807, 2.05) is 6.92 Å². The zero-order valence-corrected chi connectivity index (χ0v) is 14.0. The molecule has 1 aromatic rings. The number of carboxylic acid groups (broad SMARTS) is 1. The largest absolute Gasteiger partial charge is 0.480 e. The molecule has 1 aromatic heterocycles. The van der Waals surface area contributed by atoms with E-state index in [1.165, 1.54) is 4.90 Å². The number of H-pyrrole nitrogens is 1. The van der Waals surface area contributed by atoms with Crippen molar-refractivity contribution in [3.05, 3.63) is 33.2 Å². The standard InChI is InChI=1S/C18H24N2O4/c1-11-7-8-20(15(9-11)18(23)24)17(22)13-10-12-5-3-2-4-6-14(12)19-16(13)21/h10-11,15H,2-9H2,1H3,(H,19,21)(H,23,24). The number of hydrogen-bond donors (Lipinski definition) is 2. The van der Waals surface area contributed by atoms with Crippen LogP contribution in [0.15, 0.2) is 10.9 Å². The Hall–Kier alpha value is -2.11. The molecule has 2 atom stereocenters. The number of likely N-dealkylation sites (tertiary alicyclic amines) is 1. The van der Waals surface area contributed by atoms with Crippen LogP contribution in [-0.4, -0.2) is 39.5 Å². The minimum atomic E-state index is -0.999. The molecule has 2 unspecified atom stereocenters. The van der Waals surface area contributed by atoms with Gasteiger partial charge in [0.2, 0.25) is 0 Å². The number of nitrogens with zero attached hydrogens (tertiary/aromatic N) is 1. The quantitative estimate of drug-likeness (QED) is 0.810. The lowest BCUT2D eigenvalue weighted by Crippen LogP contribution is -2.50. The lowest BCUT2D eigenvalue weighted by Gasteiger charge is -2.35. The Morgan fingerprint density at radius 3 is 2.75 bits per heavy atom. The third kappa shape index (κ3) is 3.23. The molecule has 1 saturated heterocycles. The molecule has 0 radical (unpaired) electrons. The number of carbonyl (C=O) groups excluding carboxylic acids is 1. The van der Waals surface area contributed by atoms with Crippen molar-refractivity contribution in [1.82, 2.24) is 9.88 Å². The van der Waals surface area contributed by atoms with Gasteiger partial charge in [0.15, 0.2) is 0 Å². The summed E-state index contributed by atoms with van der Waals surface area (Å²) in [7, 11) is 0. The number of piperidine rings is 1. The van der Waals surface area contributed by atoms with Crippen molar-refractivity contribution in [2.45, 2.75) is 57.9 Å². The Labute approximate surface area is 140 Å². The van der Waals surface area contributed by atoms with Crippen molar-refractivity contribution in [3.8, 4) is 0 Å². The number of amides is 1. The smallest absolute Gasteiger partial charge is 0.326 e. The van der Waals surface area contributed by atoms with E-state index in [0.29, 0.717) is 13.0 Å². The molecule has 0 bridgehead atoms. The number of hydrogen-bond acceptors (Lipinski definition) is 3. The van der Waals surface area contributed by atoms with E-state index >= 15 is 0 Å². The fraction of sp³-hybridized carbons (Fsp3) is 0.611. The topological polar surface area (TPSA) is 90.5 Å². The molecule has 2 aliphatic rings. The average molecular weight is 332 g/mol. The van der Waals surface area contributed by atoms with E-state index in [-0.39, 0.29) is 11.5 Å². The van der Waals surface area contributed by atoms with Gasteiger partial charge in [-0.3, -0.25) is 9.59 Å². The summed E-state index contributed by atoms with van der Waals surface area (Å²) in [5.41, 5.74) is 1.63. The number of carbonyl (C=O) groups is 2. The van der Waals surface area contributed by atoms with Gasteiger partial charge in [0.05, 0.1) is 0 Å². The lowest BCUT2D eigenvalue weighted by atomic mass is 9.91. The van der Waals surface area contributed by atoms with Crippen molar-refractivity contribution in [2.24, 2.45) is 5.92 Å². The Kier molecular flexibility index (Phi) is 4.73. The minimum absolute atomic E-state index is 0.0800. The van der Waals surface area contributed by atoms with Crippen LogP contribution < -0.4 is 5.56 Å². The Morgan fingerprint density at radius 2 is 2.00 bits per heavy atom. The first-order valence-corrected chi connectivity index (χ1v) is 8.76. The maximum atomic E-state index is 12.9. The van der Waals surface area contributed by atoms with Crippen molar-refractivity contribution in [2.75, 3.05) is 6.54 Å². The second-order valence-electron chi connectivity index (χ2n) is 7.06. The number of nitrogens with one attached hydrogen (secondary N) is 1. The highest BCUT2D eigenvalue weighted by Crippen LogP contribution is 2.25. The molecular weight excluding hydrogens is 308 g/mol. The summed E-state index contributed by atoms with van der Waals surface area (Å²) in [6.07, 6.45) is 6.09. The number of aryl methyl sites for hydroxylation is 2. The molecule has 2 heterocycles. The van der Waals surface area contributed by atoms with E-state index in [9.17, 15) is 19.5 Å². The Morgan fingerprint density at radius 1 is 1.25 bits per heavy atom. The molecule has 2 N–H and O–H groups in total. The van der Waals surface area contributed by atoms with E-state index in [4.69, 9.17) is 0 Å². The first kappa shape index (κ1) is 16.7. The molecule has 130 valence electrons. The van der Waals surface area contributed by atoms with Crippen LogP contribution in [0.25, 0.3) is 0 Å². The van der Waals surface area contributed by atoms with Crippen molar-refractivity contribution in [1.29, 1.82) is 0 Å². The van der Waals surface area contributed by atoms with Crippen LogP contribution in [0.5, 0.6) is 0 Å². The van der Waals surface area contributed by atoms with Crippen LogP contribution in [-0.2, 0) is 17.6 Å². The molecule has 24 heavy (non-hydrogen) atoms. The van der Waals surface area contributed by atoms with Gasteiger partial charge in [-0.05, 0) is 56.1 Å². The molecule has 0 saturated carbocycles. The second-order valence-corrected chi connectivity index (χ2v) is 7.06. The summed E-state index contributed by atoms with van der Waals surface area (Å²) in [4.78, 5) is 41.0. The van der Waals surface area contributed by atoms with E-state index in [1.54, 1.807) is 6.07 Å². The molecule has 1 amide bonds. The van der Waals surface area contributed by atoms with Gasteiger partial charge >= 0.3 is 5.97 Å². The van der Waals surface area contributed by atoms with Gasteiger partial charge in [-0.1, -0.05) is 13.3 Å². The molecule has 1 aliphatic heterocycles. The lowest BCUT2D eigenvalue weighted by molar-refractivity contribution is -0.144. The van der Waals surface area contributed by atoms with Crippen LogP contribution in [0.1, 0.15) is 60.6 Å². The summed E-state index contributed by atoms with van der Waals surface area (Å²) in [6.45, 7) is 2.38. The van der Waals surface area contributed by atoms with Crippen molar-refractivity contribution in [3.63, 3.8) is 0 Å². The van der Waals surface area contributed by atoms with Crippen molar-refractivity contribution >= 4 is 11.9 Å².